The van der Waals surface area contributed by atoms with Crippen LogP contribution in [0.4, 0.5) is 13.2 Å². The van der Waals surface area contributed by atoms with Crippen LogP contribution in [0.5, 0.6) is 0 Å². The smallest absolute Gasteiger partial charge is 0.262 e. The summed E-state index contributed by atoms with van der Waals surface area (Å²) < 4.78 is 41.2. The summed E-state index contributed by atoms with van der Waals surface area (Å²) in [4.78, 5) is 38.8. The molecule has 3 atom stereocenters. The van der Waals surface area contributed by atoms with Gasteiger partial charge in [0.15, 0.2) is 6.10 Å². The molecule has 3 amide bonds. The maximum atomic E-state index is 13.9. The number of nitrogens with one attached hydrogen (secondary N) is 2. The topological polar surface area (TPSA) is 98.7 Å². The summed E-state index contributed by atoms with van der Waals surface area (Å²) in [6.07, 6.45) is -1.29. The minimum atomic E-state index is -3.35. The van der Waals surface area contributed by atoms with Crippen molar-refractivity contribution in [3.63, 3.8) is 0 Å². The van der Waals surface area contributed by atoms with Crippen LogP contribution < -0.4 is 10.6 Å². The van der Waals surface area contributed by atoms with E-state index in [0.717, 1.165) is 0 Å². The van der Waals surface area contributed by atoms with E-state index in [1.54, 1.807) is 43.3 Å². The molecule has 0 fully saturated rings. The normalized spacial score (nSPS) is 13.8. The van der Waals surface area contributed by atoms with Crippen molar-refractivity contribution in [3.8, 4) is 0 Å². The fourth-order valence-electron chi connectivity index (χ4n) is 3.60. The van der Waals surface area contributed by atoms with E-state index in [1.165, 1.54) is 18.2 Å². The minimum absolute atomic E-state index is 0.0675. The molecule has 0 saturated carbocycles. The van der Waals surface area contributed by atoms with E-state index >= 15 is 0 Å². The predicted octanol–water partition coefficient (Wildman–Crippen LogP) is 3.06. The molecule has 7 nitrogen and oxygen atoms in total. The number of benzene rings is 2. The molecule has 10 heteroatoms. The third kappa shape index (κ3) is 10.2. The molecular formula is C27H34F3N3O4. The van der Waals surface area contributed by atoms with Crippen LogP contribution in [0.1, 0.15) is 38.3 Å². The van der Waals surface area contributed by atoms with E-state index in [4.69, 9.17) is 0 Å². The van der Waals surface area contributed by atoms with Gasteiger partial charge in [0.25, 0.3) is 11.8 Å². The fourth-order valence-corrected chi connectivity index (χ4v) is 3.60. The zero-order chi connectivity index (χ0) is 27.6. The van der Waals surface area contributed by atoms with Crippen molar-refractivity contribution in [1.29, 1.82) is 0 Å². The highest BCUT2D eigenvalue weighted by molar-refractivity contribution is 5.88. The summed E-state index contributed by atoms with van der Waals surface area (Å²) in [5.41, 5.74) is 1.16. The second-order valence-corrected chi connectivity index (χ2v) is 9.23. The van der Waals surface area contributed by atoms with Gasteiger partial charge in [-0.25, -0.2) is 13.2 Å². The lowest BCUT2D eigenvalue weighted by atomic mass is 9.98. The first-order chi connectivity index (χ1) is 17.4. The average Bonchev–Trinajstić information content (AvgIpc) is 2.85. The summed E-state index contributed by atoms with van der Waals surface area (Å²) in [5.74, 6) is -6.53. The molecule has 0 saturated heterocycles. The lowest BCUT2D eigenvalue weighted by Gasteiger charge is -2.31. The number of carbonyl (C=O) groups is 3. The second-order valence-electron chi connectivity index (χ2n) is 9.23. The number of aliphatic hydroxyl groups excluding tert-OH is 1. The van der Waals surface area contributed by atoms with Crippen LogP contribution in [0.3, 0.4) is 0 Å². The van der Waals surface area contributed by atoms with E-state index in [1.807, 2.05) is 6.92 Å². The molecule has 0 aliphatic heterocycles. The number of hydrogen-bond donors (Lipinski definition) is 3. The van der Waals surface area contributed by atoms with E-state index in [9.17, 15) is 32.7 Å². The zero-order valence-corrected chi connectivity index (χ0v) is 21.2. The van der Waals surface area contributed by atoms with Gasteiger partial charge in [0.05, 0.1) is 19.1 Å². The molecule has 0 aliphatic rings. The highest BCUT2D eigenvalue weighted by Gasteiger charge is 2.36. The number of alkyl halides is 2. The minimum Gasteiger partial charge on any atom is -0.381 e. The Morgan fingerprint density at radius 3 is 2.30 bits per heavy atom. The standard InChI is InChI=1S/C27H34F3N3O4/c1-4-18(2)25(36)32-22(14-19-9-6-5-7-10-19)24(35)26(37)33(17-27(3,29)30)16-23(34)31-15-20-11-8-12-21(28)13-20/h5-13,18,22,24,35H,4,14-17H2,1-3H3,(H,31,34)(H,32,36). The third-order valence-electron chi connectivity index (χ3n) is 5.81. The van der Waals surface area contributed by atoms with Crippen molar-refractivity contribution in [3.05, 3.63) is 71.5 Å². The van der Waals surface area contributed by atoms with Gasteiger partial charge >= 0.3 is 0 Å². The van der Waals surface area contributed by atoms with Crippen LogP contribution in [0, 0.1) is 11.7 Å². The maximum absolute atomic E-state index is 13.9. The van der Waals surface area contributed by atoms with Gasteiger partial charge in [-0.05, 0) is 36.1 Å². The lowest BCUT2D eigenvalue weighted by molar-refractivity contribution is -0.150. The highest BCUT2D eigenvalue weighted by atomic mass is 19.3. The first kappa shape index (κ1) is 29.8. The fraction of sp³-hybridized carbons (Fsp3) is 0.444. The van der Waals surface area contributed by atoms with Crippen LogP contribution in [-0.2, 0) is 27.3 Å². The monoisotopic (exact) mass is 521 g/mol. The van der Waals surface area contributed by atoms with Crippen molar-refractivity contribution in [2.75, 3.05) is 13.1 Å². The summed E-state index contributed by atoms with van der Waals surface area (Å²) in [6.45, 7) is 2.14. The quantitative estimate of drug-likeness (QED) is 0.377. The molecule has 0 aromatic heterocycles. The Hall–Kier alpha value is -3.40. The third-order valence-corrected chi connectivity index (χ3v) is 5.81. The van der Waals surface area contributed by atoms with Crippen molar-refractivity contribution in [2.24, 2.45) is 5.92 Å². The van der Waals surface area contributed by atoms with Gasteiger partial charge in [0.2, 0.25) is 11.8 Å². The van der Waals surface area contributed by atoms with Crippen molar-refractivity contribution >= 4 is 17.7 Å². The number of halogens is 3. The SMILES string of the molecule is CCC(C)C(=O)NC(Cc1ccccc1)C(O)C(=O)N(CC(=O)NCc1cccc(F)c1)CC(C)(F)F. The van der Waals surface area contributed by atoms with Gasteiger partial charge in [0, 0.05) is 19.4 Å². The molecule has 3 N–H and O–H groups in total. The molecule has 2 aromatic rings. The highest BCUT2D eigenvalue weighted by Crippen LogP contribution is 2.17. The van der Waals surface area contributed by atoms with E-state index in [-0.39, 0.29) is 13.0 Å². The zero-order valence-electron chi connectivity index (χ0n) is 21.2. The molecule has 0 radical (unpaired) electrons. The Labute approximate surface area is 215 Å². The van der Waals surface area contributed by atoms with Crippen LogP contribution in [0.15, 0.2) is 54.6 Å². The Kier molecular flexibility index (Phi) is 11.1. The first-order valence-corrected chi connectivity index (χ1v) is 12.1. The van der Waals surface area contributed by atoms with Crippen LogP contribution in [-0.4, -0.2) is 58.9 Å². The Morgan fingerprint density at radius 2 is 1.70 bits per heavy atom. The number of aliphatic hydroxyl groups is 1. The Balaban J connectivity index is 2.19. The van der Waals surface area contributed by atoms with Gasteiger partial charge in [-0.1, -0.05) is 56.3 Å². The predicted molar refractivity (Wildman–Crippen MR) is 133 cm³/mol. The van der Waals surface area contributed by atoms with Crippen LogP contribution in [0.25, 0.3) is 0 Å². The van der Waals surface area contributed by atoms with E-state index < -0.39 is 60.6 Å². The molecule has 202 valence electrons. The van der Waals surface area contributed by atoms with Gasteiger partial charge in [-0.15, -0.1) is 0 Å². The second kappa shape index (κ2) is 13.8. The Bertz CT molecular complexity index is 1050. The largest absolute Gasteiger partial charge is 0.381 e. The summed E-state index contributed by atoms with van der Waals surface area (Å²) in [7, 11) is 0. The molecule has 2 aromatic carbocycles. The molecule has 0 aliphatic carbocycles. The van der Waals surface area contributed by atoms with Gasteiger partial charge in [0.1, 0.15) is 5.82 Å². The summed E-state index contributed by atoms with van der Waals surface area (Å²) in [5, 5.41) is 16.1. The summed E-state index contributed by atoms with van der Waals surface area (Å²) >= 11 is 0. The number of nitrogens with zero attached hydrogens (tertiary/aromatic N) is 1. The average molecular weight is 522 g/mol. The van der Waals surface area contributed by atoms with Gasteiger partial charge < -0.3 is 20.6 Å². The van der Waals surface area contributed by atoms with Crippen LogP contribution in [0.2, 0.25) is 0 Å². The number of rotatable bonds is 13. The number of carbonyl (C=O) groups excluding carboxylic acids is 3. The number of amides is 3. The van der Waals surface area contributed by atoms with Crippen molar-refractivity contribution in [2.45, 2.75) is 58.2 Å². The van der Waals surface area contributed by atoms with Gasteiger partial charge in [-0.3, -0.25) is 14.4 Å². The molecule has 2 rings (SSSR count). The molecule has 0 spiro atoms. The maximum Gasteiger partial charge on any atom is 0.262 e. The van der Waals surface area contributed by atoms with Crippen molar-refractivity contribution in [1.82, 2.24) is 15.5 Å². The van der Waals surface area contributed by atoms with Crippen molar-refractivity contribution < 1.29 is 32.7 Å². The number of hydrogen-bond acceptors (Lipinski definition) is 4. The summed E-state index contributed by atoms with van der Waals surface area (Å²) in [6, 6.07) is 13.2. The molecule has 37 heavy (non-hydrogen) atoms. The Morgan fingerprint density at radius 1 is 1.05 bits per heavy atom. The van der Waals surface area contributed by atoms with E-state index in [2.05, 4.69) is 10.6 Å². The molecular weight excluding hydrogens is 487 g/mol. The van der Waals surface area contributed by atoms with Crippen LogP contribution >= 0.6 is 0 Å². The lowest BCUT2D eigenvalue weighted by Crippen LogP contribution is -2.56. The van der Waals surface area contributed by atoms with E-state index in [0.29, 0.717) is 29.4 Å². The molecule has 3 unspecified atom stereocenters. The van der Waals surface area contributed by atoms with Gasteiger partial charge in [-0.2, -0.15) is 0 Å². The molecule has 0 heterocycles. The first-order valence-electron chi connectivity index (χ1n) is 12.1. The molecule has 0 bridgehead atoms.